The van der Waals surface area contributed by atoms with Gasteiger partial charge in [-0.05, 0) is 6.07 Å². The summed E-state index contributed by atoms with van der Waals surface area (Å²) in [6, 6.07) is 1.37. The number of nitrogens with zero attached hydrogens (tertiary/aromatic N) is 1. The van der Waals surface area contributed by atoms with Gasteiger partial charge in [-0.2, -0.15) is 4.31 Å². The lowest BCUT2D eigenvalue weighted by Gasteiger charge is -2.25. The van der Waals surface area contributed by atoms with Crippen LogP contribution in [0, 0.1) is 0 Å². The highest BCUT2D eigenvalue weighted by Crippen LogP contribution is 2.24. The van der Waals surface area contributed by atoms with Gasteiger partial charge in [0.1, 0.15) is 4.21 Å². The van der Waals surface area contributed by atoms with Gasteiger partial charge in [-0.25, -0.2) is 13.2 Å². The third kappa shape index (κ3) is 3.46. The fourth-order valence-electron chi connectivity index (χ4n) is 1.69. The van der Waals surface area contributed by atoms with Gasteiger partial charge in [-0.3, -0.25) is 0 Å². The molecule has 1 aliphatic rings. The predicted octanol–water partition coefficient (Wildman–Crippen LogP) is 0.550. The molecule has 2 heterocycles. The van der Waals surface area contributed by atoms with E-state index >= 15 is 0 Å². The molecule has 1 saturated heterocycles. The molecule has 1 aromatic heterocycles. The normalized spacial score (nSPS) is 16.7. The number of hydrogen-bond acceptors (Lipinski definition) is 6. The number of piperazine rings is 1. The minimum absolute atomic E-state index is 0. The van der Waals surface area contributed by atoms with E-state index in [0.717, 1.165) is 11.3 Å². The summed E-state index contributed by atoms with van der Waals surface area (Å²) in [6.07, 6.45) is 0. The minimum Gasteiger partial charge on any atom is -0.465 e. The number of carbonyl (C=O) groups excluding carboxylic acids is 1. The average Bonchev–Trinajstić information content (AvgIpc) is 2.89. The highest BCUT2D eigenvalue weighted by Gasteiger charge is 2.28. The molecule has 108 valence electrons. The standard InChI is InChI=1S/C10H14N2O4S2.ClH/c1-16-10(13)8-6-9(17-7-8)18(14,15)12-4-2-11-3-5-12;/h6-7,11H,2-5H2,1H3;1H. The van der Waals surface area contributed by atoms with Gasteiger partial charge in [0, 0.05) is 31.6 Å². The van der Waals surface area contributed by atoms with E-state index in [0.29, 0.717) is 26.2 Å². The van der Waals surface area contributed by atoms with Gasteiger partial charge in [0.25, 0.3) is 10.0 Å². The van der Waals surface area contributed by atoms with Crippen LogP contribution in [0.25, 0.3) is 0 Å². The number of sulfonamides is 1. The van der Waals surface area contributed by atoms with E-state index in [2.05, 4.69) is 10.1 Å². The molecule has 1 aliphatic heterocycles. The number of carbonyl (C=O) groups is 1. The number of halogens is 1. The van der Waals surface area contributed by atoms with Crippen molar-refractivity contribution >= 4 is 39.7 Å². The van der Waals surface area contributed by atoms with Crippen molar-refractivity contribution in [3.8, 4) is 0 Å². The molecule has 0 aromatic carbocycles. The number of esters is 1. The smallest absolute Gasteiger partial charge is 0.338 e. The Morgan fingerprint density at radius 1 is 1.42 bits per heavy atom. The van der Waals surface area contributed by atoms with Crippen LogP contribution in [0.5, 0.6) is 0 Å². The Hall–Kier alpha value is -0.670. The molecular weight excluding hydrogens is 312 g/mol. The van der Waals surface area contributed by atoms with Crippen LogP contribution >= 0.6 is 23.7 Å². The number of hydrogen-bond donors (Lipinski definition) is 1. The summed E-state index contributed by atoms with van der Waals surface area (Å²) in [5, 5.41) is 4.59. The van der Waals surface area contributed by atoms with Gasteiger partial charge in [0.15, 0.2) is 0 Å². The third-order valence-electron chi connectivity index (χ3n) is 2.67. The topological polar surface area (TPSA) is 75.7 Å². The Morgan fingerprint density at radius 3 is 2.63 bits per heavy atom. The lowest BCUT2D eigenvalue weighted by molar-refractivity contribution is 0.0601. The second-order valence-corrected chi connectivity index (χ2v) is 6.88. The average molecular weight is 327 g/mol. The van der Waals surface area contributed by atoms with Crippen molar-refractivity contribution in [3.63, 3.8) is 0 Å². The van der Waals surface area contributed by atoms with Crippen LogP contribution in [-0.2, 0) is 14.8 Å². The van der Waals surface area contributed by atoms with E-state index in [4.69, 9.17) is 0 Å². The van der Waals surface area contributed by atoms with Crippen LogP contribution in [0.3, 0.4) is 0 Å². The third-order valence-corrected chi connectivity index (χ3v) is 5.98. The van der Waals surface area contributed by atoms with Crippen molar-refractivity contribution in [3.05, 3.63) is 17.0 Å². The molecule has 0 spiro atoms. The minimum atomic E-state index is -3.48. The zero-order chi connectivity index (χ0) is 13.2. The highest BCUT2D eigenvalue weighted by molar-refractivity contribution is 7.91. The number of rotatable bonds is 3. The van der Waals surface area contributed by atoms with E-state index in [-0.39, 0.29) is 22.2 Å². The SMILES string of the molecule is COC(=O)c1csc(S(=O)(=O)N2CCNCC2)c1.Cl. The van der Waals surface area contributed by atoms with Gasteiger partial charge >= 0.3 is 5.97 Å². The highest BCUT2D eigenvalue weighted by atomic mass is 35.5. The molecule has 9 heteroatoms. The summed E-state index contributed by atoms with van der Waals surface area (Å²) >= 11 is 1.04. The molecule has 0 saturated carbocycles. The van der Waals surface area contributed by atoms with Crippen molar-refractivity contribution in [1.29, 1.82) is 0 Å². The summed E-state index contributed by atoms with van der Waals surface area (Å²) in [5.74, 6) is -0.520. The monoisotopic (exact) mass is 326 g/mol. The molecule has 0 atom stereocenters. The summed E-state index contributed by atoms with van der Waals surface area (Å²) in [6.45, 7) is 2.20. The summed E-state index contributed by atoms with van der Waals surface area (Å²) in [5.41, 5.74) is 0.274. The lowest BCUT2D eigenvalue weighted by Crippen LogP contribution is -2.46. The first-order valence-electron chi connectivity index (χ1n) is 5.43. The van der Waals surface area contributed by atoms with Gasteiger partial charge < -0.3 is 10.1 Å². The fourth-order valence-corrected chi connectivity index (χ4v) is 4.43. The first kappa shape index (κ1) is 16.4. The lowest BCUT2D eigenvalue weighted by atomic mass is 10.3. The first-order valence-corrected chi connectivity index (χ1v) is 7.75. The second-order valence-electron chi connectivity index (χ2n) is 3.80. The van der Waals surface area contributed by atoms with E-state index < -0.39 is 16.0 Å². The first-order chi connectivity index (χ1) is 8.55. The molecule has 1 N–H and O–H groups in total. The zero-order valence-electron chi connectivity index (χ0n) is 10.3. The van der Waals surface area contributed by atoms with Crippen LogP contribution in [0.2, 0.25) is 0 Å². The Balaban J connectivity index is 0.00000180. The largest absolute Gasteiger partial charge is 0.465 e. The summed E-state index contributed by atoms with van der Waals surface area (Å²) in [7, 11) is -2.21. The van der Waals surface area contributed by atoms with Gasteiger partial charge in [-0.1, -0.05) is 0 Å². The summed E-state index contributed by atoms with van der Waals surface area (Å²) < 4.78 is 30.7. The molecule has 0 aliphatic carbocycles. The Kier molecular flexibility index (Phi) is 5.75. The maximum absolute atomic E-state index is 12.3. The van der Waals surface area contributed by atoms with E-state index in [9.17, 15) is 13.2 Å². The fraction of sp³-hybridized carbons (Fsp3) is 0.500. The van der Waals surface area contributed by atoms with Gasteiger partial charge in [0.2, 0.25) is 0 Å². The van der Waals surface area contributed by atoms with Crippen LogP contribution in [0.4, 0.5) is 0 Å². The van der Waals surface area contributed by atoms with Gasteiger partial charge in [0.05, 0.1) is 12.7 Å². The predicted molar refractivity (Wildman–Crippen MR) is 74.5 cm³/mol. The Morgan fingerprint density at radius 2 is 2.05 bits per heavy atom. The molecule has 2 rings (SSSR count). The van der Waals surface area contributed by atoms with Crippen molar-refractivity contribution in [1.82, 2.24) is 9.62 Å². The van der Waals surface area contributed by atoms with Crippen molar-refractivity contribution in [2.45, 2.75) is 4.21 Å². The molecule has 0 bridgehead atoms. The molecule has 1 fully saturated rings. The Labute approximate surface area is 122 Å². The quantitative estimate of drug-likeness (QED) is 0.821. The van der Waals surface area contributed by atoms with E-state index in [1.54, 1.807) is 0 Å². The van der Waals surface area contributed by atoms with Crippen LogP contribution in [-0.4, -0.2) is 52.0 Å². The van der Waals surface area contributed by atoms with Crippen molar-refractivity contribution in [2.24, 2.45) is 0 Å². The Bertz CT molecular complexity index is 537. The van der Waals surface area contributed by atoms with Crippen LogP contribution in [0.1, 0.15) is 10.4 Å². The summed E-state index contributed by atoms with van der Waals surface area (Å²) in [4.78, 5) is 11.3. The number of thiophene rings is 1. The van der Waals surface area contributed by atoms with Crippen LogP contribution in [0.15, 0.2) is 15.7 Å². The number of methoxy groups -OCH3 is 1. The van der Waals surface area contributed by atoms with E-state index in [1.807, 2.05) is 0 Å². The molecule has 0 radical (unpaired) electrons. The molecule has 0 amide bonds. The van der Waals surface area contributed by atoms with Crippen LogP contribution < -0.4 is 5.32 Å². The molecular formula is C10H15ClN2O4S2. The van der Waals surface area contributed by atoms with Crippen molar-refractivity contribution < 1.29 is 17.9 Å². The van der Waals surface area contributed by atoms with Crippen molar-refractivity contribution in [2.75, 3.05) is 33.3 Å². The number of nitrogens with one attached hydrogen (secondary N) is 1. The maximum Gasteiger partial charge on any atom is 0.338 e. The number of ether oxygens (including phenoxy) is 1. The molecule has 1 aromatic rings. The zero-order valence-corrected chi connectivity index (χ0v) is 12.7. The molecule has 19 heavy (non-hydrogen) atoms. The molecule has 0 unspecified atom stereocenters. The van der Waals surface area contributed by atoms with Gasteiger partial charge in [-0.15, -0.1) is 23.7 Å². The second kappa shape index (κ2) is 6.67. The van der Waals surface area contributed by atoms with E-state index in [1.165, 1.54) is 22.9 Å². The maximum atomic E-state index is 12.3. The molecule has 6 nitrogen and oxygen atoms in total.